The van der Waals surface area contributed by atoms with Gasteiger partial charge in [-0.1, -0.05) is 38.8 Å². The molecule has 3 heterocycles. The van der Waals surface area contributed by atoms with E-state index < -0.39 is 0 Å². The zero-order chi connectivity index (χ0) is 22.1. The second-order valence-corrected chi connectivity index (χ2v) is 8.46. The number of nitrogens with zero attached hydrogens (tertiary/aromatic N) is 4. The number of aromatic nitrogens is 4. The smallest absolute Gasteiger partial charge is 0.522 e. The molecule has 1 aliphatic rings. The standard InChI is InChI=1S/C27H26N4O.Pt/c1-19-12-13-23(20(2)28-19)24-10-7-11-25(29-24)27(15-4-5-16-27)26-14-17-31(30-26)21-8-6-9-22(18-21)32-3;/h6-7,9-12,14,17-18H,4-5,15-16H2,1-3H3;/q-2;+2. The molecule has 0 saturated heterocycles. The third kappa shape index (κ3) is 4.39. The van der Waals surface area contributed by atoms with E-state index in [1.807, 2.05) is 55.1 Å². The van der Waals surface area contributed by atoms with E-state index >= 15 is 0 Å². The Balaban J connectivity index is 0.00000259. The molecule has 1 saturated carbocycles. The van der Waals surface area contributed by atoms with Crippen LogP contribution in [0.3, 0.4) is 0 Å². The Bertz CT molecular complexity index is 1260. The Morgan fingerprint density at radius 2 is 1.82 bits per heavy atom. The Hall–Kier alpha value is -2.78. The van der Waals surface area contributed by atoms with E-state index in [0.29, 0.717) is 0 Å². The van der Waals surface area contributed by atoms with Gasteiger partial charge in [0.1, 0.15) is 0 Å². The number of ether oxygens (including phenoxy) is 1. The molecular weight excluding hydrogens is 591 g/mol. The summed E-state index contributed by atoms with van der Waals surface area (Å²) in [6.07, 6.45) is 6.42. The van der Waals surface area contributed by atoms with Crippen molar-refractivity contribution in [2.45, 2.75) is 44.9 Å². The fourth-order valence-electron chi connectivity index (χ4n) is 4.76. The normalized spacial score (nSPS) is 14.6. The van der Waals surface area contributed by atoms with Crippen molar-refractivity contribution in [2.75, 3.05) is 7.11 Å². The zero-order valence-electron chi connectivity index (χ0n) is 19.0. The minimum atomic E-state index is -0.188. The van der Waals surface area contributed by atoms with E-state index in [1.54, 1.807) is 7.11 Å². The van der Waals surface area contributed by atoms with Crippen LogP contribution >= 0.6 is 0 Å². The topological polar surface area (TPSA) is 52.8 Å². The van der Waals surface area contributed by atoms with Gasteiger partial charge in [-0.15, -0.1) is 29.8 Å². The quantitative estimate of drug-likeness (QED) is 0.281. The molecule has 6 heteroatoms. The van der Waals surface area contributed by atoms with E-state index in [-0.39, 0.29) is 26.5 Å². The summed E-state index contributed by atoms with van der Waals surface area (Å²) in [5, 5.41) is 4.99. The Kier molecular flexibility index (Phi) is 6.80. The molecular formula is C27H26N4OPt. The molecule has 0 amide bonds. The van der Waals surface area contributed by atoms with Gasteiger partial charge in [-0.3, -0.25) is 4.68 Å². The molecule has 0 atom stereocenters. The van der Waals surface area contributed by atoms with Crippen LogP contribution in [0.25, 0.3) is 16.9 Å². The van der Waals surface area contributed by atoms with Gasteiger partial charge in [0.2, 0.25) is 0 Å². The summed E-state index contributed by atoms with van der Waals surface area (Å²) >= 11 is 0. The van der Waals surface area contributed by atoms with Gasteiger partial charge in [0.15, 0.2) is 0 Å². The van der Waals surface area contributed by atoms with Gasteiger partial charge in [0.25, 0.3) is 0 Å². The number of aryl methyl sites for hydroxylation is 2. The maximum atomic E-state index is 5.37. The van der Waals surface area contributed by atoms with Crippen LogP contribution in [0.15, 0.2) is 54.7 Å². The van der Waals surface area contributed by atoms with Crippen molar-refractivity contribution >= 4 is 0 Å². The summed E-state index contributed by atoms with van der Waals surface area (Å²) in [5.41, 5.74) is 6.59. The third-order valence-corrected chi connectivity index (χ3v) is 6.40. The van der Waals surface area contributed by atoms with Crippen LogP contribution in [-0.4, -0.2) is 26.9 Å². The first kappa shape index (κ1) is 23.4. The molecule has 0 unspecified atom stereocenters. The fourth-order valence-corrected chi connectivity index (χ4v) is 4.76. The summed E-state index contributed by atoms with van der Waals surface area (Å²) in [5.74, 6) is 0.791. The van der Waals surface area contributed by atoms with Crippen molar-refractivity contribution in [2.24, 2.45) is 0 Å². The summed E-state index contributed by atoms with van der Waals surface area (Å²) in [6.45, 7) is 4.01. The van der Waals surface area contributed by atoms with Crippen LogP contribution in [-0.2, 0) is 26.5 Å². The molecule has 0 spiro atoms. The van der Waals surface area contributed by atoms with Crippen LogP contribution in [0.5, 0.6) is 5.75 Å². The Morgan fingerprint density at radius 3 is 2.58 bits per heavy atom. The minimum absolute atomic E-state index is 0. The Labute approximate surface area is 209 Å². The maximum absolute atomic E-state index is 5.37. The van der Waals surface area contributed by atoms with Crippen molar-refractivity contribution in [3.63, 3.8) is 0 Å². The van der Waals surface area contributed by atoms with Gasteiger partial charge >= 0.3 is 21.1 Å². The first-order valence-electron chi connectivity index (χ1n) is 11.1. The summed E-state index contributed by atoms with van der Waals surface area (Å²) < 4.78 is 7.24. The second-order valence-electron chi connectivity index (χ2n) is 8.46. The van der Waals surface area contributed by atoms with Gasteiger partial charge in [-0.25, -0.2) is 0 Å². The van der Waals surface area contributed by atoms with Gasteiger partial charge < -0.3 is 14.7 Å². The van der Waals surface area contributed by atoms with E-state index in [1.165, 1.54) is 12.8 Å². The number of benzene rings is 1. The number of rotatable bonds is 5. The summed E-state index contributed by atoms with van der Waals surface area (Å²) in [6, 6.07) is 22.6. The molecule has 3 aromatic heterocycles. The number of pyridine rings is 2. The molecule has 5 rings (SSSR count). The van der Waals surface area contributed by atoms with Crippen LogP contribution < -0.4 is 4.74 Å². The van der Waals surface area contributed by atoms with E-state index in [9.17, 15) is 0 Å². The van der Waals surface area contributed by atoms with E-state index in [4.69, 9.17) is 14.8 Å². The number of methoxy groups -OCH3 is 1. The number of hydrogen-bond donors (Lipinski definition) is 0. The SMILES string of the molecule is COc1cc[c-]c(-n2ccc(C3(c4cccc(-c5[c-]cc(C)nc5C)n4)CCCC3)n2)c1.[Pt+2]. The van der Waals surface area contributed by atoms with Crippen LogP contribution in [0, 0.1) is 26.0 Å². The molecule has 1 aromatic carbocycles. The van der Waals surface area contributed by atoms with Crippen molar-refractivity contribution in [3.05, 3.63) is 89.6 Å². The summed E-state index contributed by atoms with van der Waals surface area (Å²) in [4.78, 5) is 9.73. The Morgan fingerprint density at radius 1 is 1.00 bits per heavy atom. The fraction of sp³-hybridized carbons (Fsp3) is 0.296. The third-order valence-electron chi connectivity index (χ3n) is 6.40. The van der Waals surface area contributed by atoms with Gasteiger partial charge in [0, 0.05) is 17.6 Å². The van der Waals surface area contributed by atoms with E-state index in [2.05, 4.69) is 35.3 Å². The largest absolute Gasteiger partial charge is 2.00 e. The predicted molar refractivity (Wildman–Crippen MR) is 124 cm³/mol. The molecule has 5 nitrogen and oxygen atoms in total. The summed E-state index contributed by atoms with van der Waals surface area (Å²) in [7, 11) is 1.67. The van der Waals surface area contributed by atoms with Crippen molar-refractivity contribution in [1.82, 2.24) is 19.7 Å². The molecule has 33 heavy (non-hydrogen) atoms. The molecule has 1 fully saturated rings. The average Bonchev–Trinajstić information content (AvgIpc) is 3.50. The molecule has 0 radical (unpaired) electrons. The molecule has 1 aliphatic carbocycles. The van der Waals surface area contributed by atoms with Gasteiger partial charge in [-0.05, 0) is 47.7 Å². The van der Waals surface area contributed by atoms with Crippen LogP contribution in [0.2, 0.25) is 0 Å². The monoisotopic (exact) mass is 617 g/mol. The molecule has 0 bridgehead atoms. The molecule has 4 aromatic rings. The first-order chi connectivity index (χ1) is 15.6. The van der Waals surface area contributed by atoms with Crippen molar-refractivity contribution in [3.8, 4) is 22.7 Å². The van der Waals surface area contributed by atoms with Crippen molar-refractivity contribution in [1.29, 1.82) is 0 Å². The molecule has 0 N–H and O–H groups in total. The van der Waals surface area contributed by atoms with E-state index in [0.717, 1.165) is 58.3 Å². The average molecular weight is 618 g/mol. The van der Waals surface area contributed by atoms with Crippen molar-refractivity contribution < 1.29 is 25.8 Å². The van der Waals surface area contributed by atoms with Gasteiger partial charge in [-0.2, -0.15) is 17.2 Å². The maximum Gasteiger partial charge on any atom is 2.00 e. The number of hydrogen-bond acceptors (Lipinski definition) is 4. The zero-order valence-corrected chi connectivity index (χ0v) is 21.3. The predicted octanol–water partition coefficient (Wildman–Crippen LogP) is 5.41. The second kappa shape index (κ2) is 9.60. The van der Waals surface area contributed by atoms with Crippen LogP contribution in [0.4, 0.5) is 0 Å². The molecule has 0 aliphatic heterocycles. The van der Waals surface area contributed by atoms with Crippen LogP contribution in [0.1, 0.15) is 48.5 Å². The first-order valence-corrected chi connectivity index (χ1v) is 11.1. The molecule has 170 valence electrons. The minimum Gasteiger partial charge on any atom is -0.522 e. The van der Waals surface area contributed by atoms with Gasteiger partial charge in [0.05, 0.1) is 18.2 Å².